The van der Waals surface area contributed by atoms with Crippen LogP contribution in [0.2, 0.25) is 5.02 Å². The lowest BCUT2D eigenvalue weighted by atomic mass is 9.96. The lowest BCUT2D eigenvalue weighted by Crippen LogP contribution is -2.44. The fourth-order valence-corrected chi connectivity index (χ4v) is 6.09. The van der Waals surface area contributed by atoms with Crippen molar-refractivity contribution >= 4 is 28.6 Å². The number of benzene rings is 3. The maximum atomic E-state index is 12.0. The third-order valence-corrected chi connectivity index (χ3v) is 8.61. The van der Waals surface area contributed by atoms with Crippen molar-refractivity contribution in [3.63, 3.8) is 0 Å². The zero-order chi connectivity index (χ0) is 32.0. The van der Waals surface area contributed by atoms with E-state index >= 15 is 0 Å². The summed E-state index contributed by atoms with van der Waals surface area (Å²) in [5, 5.41) is 19.5. The van der Waals surface area contributed by atoms with Gasteiger partial charge in [-0.3, -0.25) is 24.6 Å². The Morgan fingerprint density at radius 2 is 1.83 bits per heavy atom. The summed E-state index contributed by atoms with van der Waals surface area (Å²) >= 11 is 6.79. The number of piperidine rings is 1. The highest BCUT2D eigenvalue weighted by molar-refractivity contribution is 6.32. The van der Waals surface area contributed by atoms with Gasteiger partial charge in [-0.05, 0) is 72.8 Å². The number of carbonyl (C=O) groups is 1. The van der Waals surface area contributed by atoms with E-state index in [9.17, 15) is 15.2 Å². The molecule has 3 aromatic carbocycles. The molecule has 1 aliphatic heterocycles. The van der Waals surface area contributed by atoms with Crippen LogP contribution >= 0.6 is 11.6 Å². The van der Waals surface area contributed by atoms with Crippen molar-refractivity contribution in [2.24, 2.45) is 0 Å². The van der Waals surface area contributed by atoms with Gasteiger partial charge in [-0.2, -0.15) is 5.26 Å². The highest BCUT2D eigenvalue weighted by Gasteiger charge is 2.29. The molecule has 10 heteroatoms. The number of carboxylic acid groups (broad SMARTS) is 1. The lowest BCUT2D eigenvalue weighted by molar-refractivity contribution is -0.144. The van der Waals surface area contributed by atoms with Gasteiger partial charge in [0.05, 0.1) is 21.6 Å². The first-order valence-corrected chi connectivity index (χ1v) is 15.5. The summed E-state index contributed by atoms with van der Waals surface area (Å²) in [5.41, 5.74) is 7.78. The van der Waals surface area contributed by atoms with Crippen molar-refractivity contribution in [2.45, 2.75) is 52.0 Å². The van der Waals surface area contributed by atoms with Crippen molar-refractivity contribution in [2.75, 3.05) is 6.54 Å². The number of hydrogen-bond donors (Lipinski definition) is 1. The zero-order valence-electron chi connectivity index (χ0n) is 25.3. The molecule has 2 aromatic heterocycles. The summed E-state index contributed by atoms with van der Waals surface area (Å²) < 4.78 is 12.6. The topological polar surface area (TPSA) is 121 Å². The van der Waals surface area contributed by atoms with Gasteiger partial charge in [0.1, 0.15) is 36.8 Å². The van der Waals surface area contributed by atoms with Gasteiger partial charge in [-0.1, -0.05) is 42.3 Å². The first-order chi connectivity index (χ1) is 22.4. The van der Waals surface area contributed by atoms with Crippen LogP contribution in [0.1, 0.15) is 47.1 Å². The molecule has 1 aliphatic rings. The first-order valence-electron chi connectivity index (χ1n) is 15.1. The maximum Gasteiger partial charge on any atom is 0.320 e. The van der Waals surface area contributed by atoms with Crippen LogP contribution in [0.15, 0.2) is 79.4 Å². The van der Waals surface area contributed by atoms with E-state index in [4.69, 9.17) is 21.1 Å². The second kappa shape index (κ2) is 13.9. The molecule has 5 aromatic rings. The second-order valence-electron chi connectivity index (χ2n) is 11.3. The number of nitrogens with zero attached hydrogens (tertiary/aromatic N) is 5. The number of fused-ring (bicyclic) bond motifs is 1. The Bertz CT molecular complexity index is 1940. The zero-order valence-corrected chi connectivity index (χ0v) is 26.1. The SMILES string of the molecule is Cc1c(COc2cc(OCc3cncc(C#N)c3)c(CN3CCCC[C@H]3C(=O)O)cc2Cl)cccc1-c1ccc2nccnc2c1. The minimum absolute atomic E-state index is 0.163. The molecule has 0 unspecified atom stereocenters. The molecule has 232 valence electrons. The molecule has 6 rings (SSSR count). The maximum absolute atomic E-state index is 12.0. The normalized spacial score (nSPS) is 14.9. The summed E-state index contributed by atoms with van der Waals surface area (Å²) in [6.45, 7) is 3.53. The number of nitriles is 1. The molecular formula is C36H32ClN5O4. The molecule has 0 amide bonds. The number of halogens is 1. The minimum Gasteiger partial charge on any atom is -0.488 e. The highest BCUT2D eigenvalue weighted by Crippen LogP contribution is 2.36. The van der Waals surface area contributed by atoms with Crippen LogP contribution in [0.25, 0.3) is 22.2 Å². The molecule has 0 aliphatic carbocycles. The van der Waals surface area contributed by atoms with Gasteiger partial charge in [0, 0.05) is 48.5 Å². The Kier molecular flexibility index (Phi) is 9.38. The summed E-state index contributed by atoms with van der Waals surface area (Å²) in [5.74, 6) is 0.143. The molecule has 0 spiro atoms. The Balaban J connectivity index is 1.26. The van der Waals surface area contributed by atoms with Crippen molar-refractivity contribution in [3.05, 3.63) is 112 Å². The molecule has 0 saturated carbocycles. The predicted octanol–water partition coefficient (Wildman–Crippen LogP) is 7.12. The van der Waals surface area contributed by atoms with Gasteiger partial charge in [-0.25, -0.2) is 0 Å². The van der Waals surface area contributed by atoms with Crippen LogP contribution in [-0.4, -0.2) is 43.5 Å². The Morgan fingerprint density at radius 1 is 1.00 bits per heavy atom. The largest absolute Gasteiger partial charge is 0.488 e. The number of aliphatic carboxylic acids is 1. The summed E-state index contributed by atoms with van der Waals surface area (Å²) in [4.78, 5) is 26.9. The number of pyridine rings is 1. The Hall–Kier alpha value is -5.04. The Labute approximate surface area is 272 Å². The lowest BCUT2D eigenvalue weighted by Gasteiger charge is -2.33. The summed E-state index contributed by atoms with van der Waals surface area (Å²) in [6, 6.07) is 19.0. The molecule has 9 nitrogen and oxygen atoms in total. The molecule has 1 saturated heterocycles. The molecular weight excluding hydrogens is 602 g/mol. The summed E-state index contributed by atoms with van der Waals surface area (Å²) in [6.07, 6.45) is 8.91. The molecule has 46 heavy (non-hydrogen) atoms. The van der Waals surface area contributed by atoms with E-state index in [1.54, 1.807) is 36.8 Å². The van der Waals surface area contributed by atoms with Gasteiger partial charge < -0.3 is 14.6 Å². The number of hydrogen-bond acceptors (Lipinski definition) is 8. The van der Waals surface area contributed by atoms with E-state index in [0.29, 0.717) is 41.6 Å². The molecule has 3 heterocycles. The predicted molar refractivity (Wildman–Crippen MR) is 174 cm³/mol. The average Bonchev–Trinajstić information content (AvgIpc) is 3.08. The fourth-order valence-electron chi connectivity index (χ4n) is 5.85. The van der Waals surface area contributed by atoms with Gasteiger partial charge in [0.15, 0.2) is 0 Å². The molecule has 1 fully saturated rings. The van der Waals surface area contributed by atoms with E-state index < -0.39 is 12.0 Å². The monoisotopic (exact) mass is 633 g/mol. The van der Waals surface area contributed by atoms with Crippen molar-refractivity contribution in [1.29, 1.82) is 5.26 Å². The number of rotatable bonds is 10. The van der Waals surface area contributed by atoms with Crippen LogP contribution in [0.4, 0.5) is 0 Å². The van der Waals surface area contributed by atoms with Crippen LogP contribution in [0.5, 0.6) is 11.5 Å². The fraction of sp³-hybridized carbons (Fsp3) is 0.250. The van der Waals surface area contributed by atoms with Crippen LogP contribution in [0.3, 0.4) is 0 Å². The highest BCUT2D eigenvalue weighted by atomic mass is 35.5. The second-order valence-corrected chi connectivity index (χ2v) is 11.7. The summed E-state index contributed by atoms with van der Waals surface area (Å²) in [7, 11) is 0. The number of ether oxygens (including phenoxy) is 2. The third kappa shape index (κ3) is 6.94. The molecule has 0 bridgehead atoms. The van der Waals surface area contributed by atoms with Crippen molar-refractivity contribution < 1.29 is 19.4 Å². The van der Waals surface area contributed by atoms with E-state index in [1.165, 1.54) is 6.20 Å². The quantitative estimate of drug-likeness (QED) is 0.171. The molecule has 0 radical (unpaired) electrons. The smallest absolute Gasteiger partial charge is 0.320 e. The van der Waals surface area contributed by atoms with Crippen molar-refractivity contribution in [3.8, 4) is 28.7 Å². The molecule has 1 atom stereocenters. The van der Waals surface area contributed by atoms with E-state index in [1.807, 2.05) is 35.2 Å². The van der Waals surface area contributed by atoms with Crippen molar-refractivity contribution in [1.82, 2.24) is 19.9 Å². The number of carboxylic acids is 1. The van der Waals surface area contributed by atoms with Crippen LogP contribution in [-0.2, 0) is 24.6 Å². The van der Waals surface area contributed by atoms with E-state index in [-0.39, 0.29) is 13.2 Å². The molecule has 1 N–H and O–H groups in total. The third-order valence-electron chi connectivity index (χ3n) is 8.31. The van der Waals surface area contributed by atoms with Gasteiger partial charge in [-0.15, -0.1) is 0 Å². The van der Waals surface area contributed by atoms with Crippen LogP contribution in [0, 0.1) is 18.3 Å². The standard InChI is InChI=1S/C36H32ClN5O4/c1-23-27(5-4-6-29(23)26-8-9-31-32(15-26)41-11-10-40-31)22-46-35-16-34(45-21-25-13-24(17-38)18-39-19-25)28(14-30(35)37)20-42-12-3-2-7-33(42)36(43)44/h4-6,8-11,13-16,18-19,33H,2-3,7,12,20-22H2,1H3,(H,43,44)/t33-/m0/s1. The van der Waals surface area contributed by atoms with E-state index in [2.05, 4.69) is 34.0 Å². The minimum atomic E-state index is -0.832. The Morgan fingerprint density at radius 3 is 2.65 bits per heavy atom. The van der Waals surface area contributed by atoms with Gasteiger partial charge in [0.2, 0.25) is 0 Å². The van der Waals surface area contributed by atoms with Gasteiger partial charge in [0.25, 0.3) is 0 Å². The average molecular weight is 634 g/mol. The number of aromatic nitrogens is 3. The first kappa shape index (κ1) is 31.0. The van der Waals surface area contributed by atoms with Gasteiger partial charge >= 0.3 is 5.97 Å². The van der Waals surface area contributed by atoms with E-state index in [0.717, 1.165) is 57.3 Å². The van der Waals surface area contributed by atoms with Crippen LogP contribution < -0.4 is 9.47 Å². The number of likely N-dealkylation sites (tertiary alicyclic amines) is 1.